The molecule has 186 valence electrons. The van der Waals surface area contributed by atoms with Gasteiger partial charge in [-0.3, -0.25) is 19.2 Å². The fraction of sp³-hybridized carbons (Fsp3) is 0.600. The molecule has 4 N–H and O–H groups in total. The number of aliphatic hydroxyl groups excluding tert-OH is 1. The Bertz CT molecular complexity index is 893. The van der Waals surface area contributed by atoms with E-state index < -0.39 is 35.5 Å². The fourth-order valence-electron chi connectivity index (χ4n) is 4.53. The maximum Gasteiger partial charge on any atom is 0.246 e. The highest BCUT2D eigenvalue weighted by Gasteiger charge is 2.43. The van der Waals surface area contributed by atoms with Crippen LogP contribution >= 0.6 is 0 Å². The van der Waals surface area contributed by atoms with Crippen LogP contribution in [0.25, 0.3) is 0 Å². The van der Waals surface area contributed by atoms with Crippen molar-refractivity contribution in [3.8, 4) is 0 Å². The molecule has 1 aromatic rings. The largest absolute Gasteiger partial charge is 0.396 e. The van der Waals surface area contributed by atoms with Crippen molar-refractivity contribution >= 4 is 23.6 Å². The molecule has 9 heteroatoms. The Morgan fingerprint density at radius 3 is 2.44 bits per heavy atom. The van der Waals surface area contributed by atoms with E-state index in [2.05, 4.69) is 16.0 Å². The zero-order chi connectivity index (χ0) is 24.7. The summed E-state index contributed by atoms with van der Waals surface area (Å²) < 4.78 is 0. The molecule has 4 atom stereocenters. The molecule has 2 aliphatic rings. The van der Waals surface area contributed by atoms with E-state index in [0.717, 1.165) is 5.56 Å². The number of carbonyl (C=O) groups excluding carboxylic acids is 4. The molecule has 2 aliphatic heterocycles. The fourth-order valence-corrected chi connectivity index (χ4v) is 4.53. The van der Waals surface area contributed by atoms with Gasteiger partial charge in [0.2, 0.25) is 23.6 Å². The van der Waals surface area contributed by atoms with Crippen molar-refractivity contribution < 1.29 is 24.3 Å². The lowest BCUT2D eigenvalue weighted by atomic mass is 9.94. The number of nitrogens with zero attached hydrogens (tertiary/aromatic N) is 1. The standard InChI is InChI=1S/C25H36N4O5/c1-3-25(2)24(34)27-19(16-17-10-5-4-6-11-17)23(33)29-14-9-13-20(29)22(32)26-18(21(31)28-25)12-7-8-15-30/h4-6,10-11,18-20,30H,3,7-9,12-16H2,1-2H3,(H,26,32)(H,27,34)(H,28,31)/t18-,19-,20+,25+/m0/s1. The van der Waals surface area contributed by atoms with Crippen molar-refractivity contribution in [3.05, 3.63) is 35.9 Å². The first-order chi connectivity index (χ1) is 16.3. The molecule has 0 bridgehead atoms. The highest BCUT2D eigenvalue weighted by atomic mass is 16.3. The predicted molar refractivity (Wildman–Crippen MR) is 127 cm³/mol. The Morgan fingerprint density at radius 2 is 1.76 bits per heavy atom. The third-order valence-corrected chi connectivity index (χ3v) is 6.87. The van der Waals surface area contributed by atoms with Gasteiger partial charge in [-0.1, -0.05) is 37.3 Å². The molecule has 0 unspecified atom stereocenters. The van der Waals surface area contributed by atoms with Gasteiger partial charge < -0.3 is 26.0 Å². The Balaban J connectivity index is 1.94. The van der Waals surface area contributed by atoms with Crippen molar-refractivity contribution in [1.82, 2.24) is 20.9 Å². The van der Waals surface area contributed by atoms with Gasteiger partial charge >= 0.3 is 0 Å². The SMILES string of the molecule is CC[C@@]1(C)NC(=O)[C@H](CCCCO)NC(=O)[C@H]2CCCN2C(=O)[C@H](Cc2ccccc2)NC1=O. The van der Waals surface area contributed by atoms with Gasteiger partial charge in [0.05, 0.1) is 0 Å². The van der Waals surface area contributed by atoms with Crippen LogP contribution < -0.4 is 16.0 Å². The van der Waals surface area contributed by atoms with Crippen LogP contribution in [-0.2, 0) is 25.6 Å². The third kappa shape index (κ3) is 5.94. The topological polar surface area (TPSA) is 128 Å². The first kappa shape index (κ1) is 25.7. The zero-order valence-electron chi connectivity index (χ0n) is 20.0. The second kappa shape index (κ2) is 11.5. The van der Waals surface area contributed by atoms with Crippen molar-refractivity contribution in [2.24, 2.45) is 0 Å². The first-order valence-corrected chi connectivity index (χ1v) is 12.2. The number of hydrogen-bond acceptors (Lipinski definition) is 5. The molecule has 0 saturated carbocycles. The van der Waals surface area contributed by atoms with Gasteiger partial charge in [-0.25, -0.2) is 0 Å². The number of aliphatic hydroxyl groups is 1. The van der Waals surface area contributed by atoms with Gasteiger partial charge in [0.1, 0.15) is 23.7 Å². The Hall–Kier alpha value is -2.94. The molecule has 0 spiro atoms. The van der Waals surface area contributed by atoms with E-state index in [9.17, 15) is 19.2 Å². The second-order valence-corrected chi connectivity index (χ2v) is 9.36. The van der Waals surface area contributed by atoms with Gasteiger partial charge in [0, 0.05) is 19.6 Å². The summed E-state index contributed by atoms with van der Waals surface area (Å²) in [7, 11) is 0. The number of unbranched alkanes of at least 4 members (excludes halogenated alkanes) is 1. The van der Waals surface area contributed by atoms with E-state index in [1.807, 2.05) is 30.3 Å². The summed E-state index contributed by atoms with van der Waals surface area (Å²) in [4.78, 5) is 54.9. The zero-order valence-corrected chi connectivity index (χ0v) is 20.0. The predicted octanol–water partition coefficient (Wildman–Crippen LogP) is 0.651. The van der Waals surface area contributed by atoms with E-state index in [4.69, 9.17) is 5.11 Å². The van der Waals surface area contributed by atoms with Gasteiger partial charge in [-0.15, -0.1) is 0 Å². The van der Waals surface area contributed by atoms with Crippen LogP contribution in [0.4, 0.5) is 0 Å². The minimum absolute atomic E-state index is 0.00886. The van der Waals surface area contributed by atoms with E-state index in [1.165, 1.54) is 4.90 Å². The van der Waals surface area contributed by atoms with Crippen LogP contribution in [0.15, 0.2) is 30.3 Å². The van der Waals surface area contributed by atoms with Crippen molar-refractivity contribution in [3.63, 3.8) is 0 Å². The maximum absolute atomic E-state index is 13.6. The number of amides is 4. The molecule has 9 nitrogen and oxygen atoms in total. The summed E-state index contributed by atoms with van der Waals surface area (Å²) in [6.45, 7) is 3.83. The minimum Gasteiger partial charge on any atom is -0.396 e. The highest BCUT2D eigenvalue weighted by Crippen LogP contribution is 2.22. The van der Waals surface area contributed by atoms with Crippen LogP contribution in [-0.4, -0.2) is 70.5 Å². The van der Waals surface area contributed by atoms with Crippen molar-refractivity contribution in [2.45, 2.75) is 82.5 Å². The van der Waals surface area contributed by atoms with Crippen molar-refractivity contribution in [2.75, 3.05) is 13.2 Å². The van der Waals surface area contributed by atoms with Crippen LogP contribution in [0.5, 0.6) is 0 Å². The Labute approximate surface area is 200 Å². The maximum atomic E-state index is 13.6. The Kier molecular flexibility index (Phi) is 8.66. The van der Waals surface area contributed by atoms with Crippen LogP contribution in [0.1, 0.15) is 57.9 Å². The average molecular weight is 473 g/mol. The highest BCUT2D eigenvalue weighted by molar-refractivity contribution is 5.99. The van der Waals surface area contributed by atoms with E-state index in [1.54, 1.807) is 13.8 Å². The summed E-state index contributed by atoms with van der Waals surface area (Å²) in [5.41, 5.74) is -0.366. The lowest BCUT2D eigenvalue weighted by Gasteiger charge is -2.35. The molecule has 0 aliphatic carbocycles. The molecule has 2 fully saturated rings. The van der Waals surface area contributed by atoms with Crippen LogP contribution in [0.3, 0.4) is 0 Å². The summed E-state index contributed by atoms with van der Waals surface area (Å²) in [5.74, 6) is -1.54. The molecule has 3 rings (SSSR count). The van der Waals surface area contributed by atoms with Crippen LogP contribution in [0, 0.1) is 0 Å². The monoisotopic (exact) mass is 472 g/mol. The summed E-state index contributed by atoms with van der Waals surface area (Å²) >= 11 is 0. The molecule has 4 amide bonds. The minimum atomic E-state index is -1.25. The quantitative estimate of drug-likeness (QED) is 0.433. The average Bonchev–Trinajstić information content (AvgIpc) is 3.32. The number of rotatable bonds is 7. The molecule has 2 heterocycles. The summed E-state index contributed by atoms with van der Waals surface area (Å²) in [5, 5.41) is 17.6. The molecule has 34 heavy (non-hydrogen) atoms. The molecule has 2 saturated heterocycles. The number of carbonyl (C=O) groups is 4. The number of benzene rings is 1. The first-order valence-electron chi connectivity index (χ1n) is 12.2. The summed E-state index contributed by atoms with van der Waals surface area (Å²) in [6.07, 6.45) is 3.13. The van der Waals surface area contributed by atoms with E-state index in [-0.39, 0.29) is 24.8 Å². The molecular weight excluding hydrogens is 436 g/mol. The molecule has 1 aromatic carbocycles. The second-order valence-electron chi connectivity index (χ2n) is 9.36. The van der Waals surface area contributed by atoms with Gasteiger partial charge in [-0.2, -0.15) is 0 Å². The van der Waals surface area contributed by atoms with Crippen molar-refractivity contribution in [1.29, 1.82) is 0 Å². The normalized spacial score (nSPS) is 28.3. The molecule has 0 radical (unpaired) electrons. The van der Waals surface area contributed by atoms with E-state index >= 15 is 0 Å². The Morgan fingerprint density at radius 1 is 1.03 bits per heavy atom. The summed E-state index contributed by atoms with van der Waals surface area (Å²) in [6, 6.07) is 7.01. The molecular formula is C25H36N4O5. The van der Waals surface area contributed by atoms with E-state index in [0.29, 0.717) is 45.1 Å². The third-order valence-electron chi connectivity index (χ3n) is 6.87. The lowest BCUT2D eigenvalue weighted by Crippen LogP contribution is -2.65. The smallest absolute Gasteiger partial charge is 0.246 e. The lowest BCUT2D eigenvalue weighted by molar-refractivity contribution is -0.144. The van der Waals surface area contributed by atoms with Gasteiger partial charge in [-0.05, 0) is 51.0 Å². The number of nitrogens with one attached hydrogen (secondary N) is 3. The molecule has 0 aromatic heterocycles. The number of fused-ring (bicyclic) bond motifs is 1. The number of hydrogen-bond donors (Lipinski definition) is 4. The van der Waals surface area contributed by atoms with Gasteiger partial charge in [0.25, 0.3) is 0 Å². The van der Waals surface area contributed by atoms with Gasteiger partial charge in [0.15, 0.2) is 0 Å². The van der Waals surface area contributed by atoms with Crippen LogP contribution in [0.2, 0.25) is 0 Å².